The highest BCUT2D eigenvalue weighted by Crippen LogP contribution is 2.26. The lowest BCUT2D eigenvalue weighted by Crippen LogP contribution is -2.31. The molecule has 0 bridgehead atoms. The summed E-state index contributed by atoms with van der Waals surface area (Å²) in [6, 6.07) is 15.9. The number of nitrogens with one attached hydrogen (secondary N) is 1. The molecule has 2 aromatic carbocycles. The van der Waals surface area contributed by atoms with Crippen molar-refractivity contribution in [3.63, 3.8) is 0 Å². The fraction of sp³-hybridized carbons (Fsp3) is 0.143. The molecule has 1 N–H and O–H groups in total. The third kappa shape index (κ3) is 3.42. The van der Waals surface area contributed by atoms with Crippen molar-refractivity contribution in [2.75, 3.05) is 0 Å². The molecule has 1 unspecified atom stereocenters. The number of para-hydroxylation sites is 1. The molecule has 2 aromatic heterocycles. The number of hydrogen-bond acceptors (Lipinski definition) is 4. The van der Waals surface area contributed by atoms with Gasteiger partial charge in [0.1, 0.15) is 16.8 Å². The van der Waals surface area contributed by atoms with E-state index in [9.17, 15) is 8.42 Å². The minimum absolute atomic E-state index is 0.153. The molecule has 1 atom stereocenters. The minimum atomic E-state index is -3.86. The first kappa shape index (κ1) is 18.3. The van der Waals surface area contributed by atoms with Crippen LogP contribution >= 0.6 is 0 Å². The maximum Gasteiger partial charge on any atom is 0.243 e. The van der Waals surface area contributed by atoms with Crippen LogP contribution in [0.1, 0.15) is 23.0 Å². The van der Waals surface area contributed by atoms with Crippen molar-refractivity contribution in [3.8, 4) is 0 Å². The quantitative estimate of drug-likeness (QED) is 0.565. The first-order valence-corrected chi connectivity index (χ1v) is 10.3. The Morgan fingerprint density at radius 1 is 1.04 bits per heavy atom. The van der Waals surface area contributed by atoms with Gasteiger partial charge >= 0.3 is 0 Å². The van der Waals surface area contributed by atoms with E-state index in [4.69, 9.17) is 0 Å². The molecule has 7 heteroatoms. The third-order valence-corrected chi connectivity index (χ3v) is 6.08. The van der Waals surface area contributed by atoms with Crippen LogP contribution in [0.15, 0.2) is 78.1 Å². The van der Waals surface area contributed by atoms with Crippen molar-refractivity contribution in [1.82, 2.24) is 19.3 Å². The Balaban J connectivity index is 1.82. The summed E-state index contributed by atoms with van der Waals surface area (Å²) >= 11 is 0. The second kappa shape index (κ2) is 7.18. The van der Waals surface area contributed by atoms with Crippen LogP contribution in [0.4, 0.5) is 0 Å². The lowest BCUT2D eigenvalue weighted by molar-refractivity contribution is 0.563. The zero-order valence-corrected chi connectivity index (χ0v) is 16.4. The molecule has 0 amide bonds. The Morgan fingerprint density at radius 3 is 2.54 bits per heavy atom. The number of benzene rings is 2. The molecule has 0 aliphatic heterocycles. The van der Waals surface area contributed by atoms with Crippen molar-refractivity contribution in [3.05, 3.63) is 90.1 Å². The van der Waals surface area contributed by atoms with Crippen LogP contribution < -0.4 is 4.72 Å². The van der Waals surface area contributed by atoms with Crippen molar-refractivity contribution in [1.29, 1.82) is 0 Å². The van der Waals surface area contributed by atoms with Gasteiger partial charge in [-0.05, 0) is 30.2 Å². The molecule has 2 heterocycles. The first-order valence-electron chi connectivity index (χ1n) is 8.85. The van der Waals surface area contributed by atoms with E-state index >= 15 is 0 Å². The predicted molar refractivity (Wildman–Crippen MR) is 108 cm³/mol. The normalized spacial score (nSPS) is 12.9. The van der Waals surface area contributed by atoms with Crippen LogP contribution in [0, 0.1) is 6.92 Å². The number of aromatic nitrogens is 3. The monoisotopic (exact) mass is 392 g/mol. The first-order chi connectivity index (χ1) is 13.5. The minimum Gasteiger partial charge on any atom is -0.336 e. The lowest BCUT2D eigenvalue weighted by atomic mass is 10.1. The number of nitrogens with zero attached hydrogens (tertiary/aromatic N) is 3. The topological polar surface area (TPSA) is 76.9 Å². The molecule has 0 spiro atoms. The Labute approximate surface area is 163 Å². The largest absolute Gasteiger partial charge is 0.336 e. The van der Waals surface area contributed by atoms with Crippen LogP contribution in [-0.4, -0.2) is 23.0 Å². The third-order valence-electron chi connectivity index (χ3n) is 4.62. The summed E-state index contributed by atoms with van der Waals surface area (Å²) in [5, 5.41) is 0.788. The fourth-order valence-corrected chi connectivity index (χ4v) is 4.61. The number of hydrogen-bond donors (Lipinski definition) is 1. The number of aryl methyl sites for hydroxylation is 2. The van der Waals surface area contributed by atoms with E-state index in [-0.39, 0.29) is 4.90 Å². The summed E-state index contributed by atoms with van der Waals surface area (Å²) in [6.45, 7) is 1.93. The van der Waals surface area contributed by atoms with Crippen molar-refractivity contribution in [2.24, 2.45) is 7.05 Å². The Kier molecular flexibility index (Phi) is 4.70. The number of fused-ring (bicyclic) bond motifs is 1. The zero-order chi connectivity index (χ0) is 19.7. The van der Waals surface area contributed by atoms with Gasteiger partial charge in [0.05, 0.1) is 5.52 Å². The van der Waals surface area contributed by atoms with Crippen molar-refractivity contribution in [2.45, 2.75) is 17.9 Å². The van der Waals surface area contributed by atoms with Gasteiger partial charge < -0.3 is 4.57 Å². The highest BCUT2D eigenvalue weighted by molar-refractivity contribution is 7.89. The van der Waals surface area contributed by atoms with Crippen LogP contribution in [0.25, 0.3) is 10.9 Å². The second-order valence-electron chi connectivity index (χ2n) is 6.70. The summed E-state index contributed by atoms with van der Waals surface area (Å²) in [6.07, 6.45) is 5.12. The number of rotatable bonds is 5. The molecule has 0 saturated heterocycles. The van der Waals surface area contributed by atoms with Gasteiger partial charge in [0.15, 0.2) is 0 Å². The molecule has 0 aliphatic carbocycles. The van der Waals surface area contributed by atoms with E-state index < -0.39 is 16.1 Å². The van der Waals surface area contributed by atoms with E-state index in [1.165, 1.54) is 0 Å². The molecule has 4 aromatic rings. The second-order valence-corrected chi connectivity index (χ2v) is 8.38. The number of pyridine rings is 1. The van der Waals surface area contributed by atoms with Crippen molar-refractivity contribution >= 4 is 20.9 Å². The van der Waals surface area contributed by atoms with Gasteiger partial charge in [-0.25, -0.2) is 13.4 Å². The standard InChI is InChI=1S/C21H20N4O2S/c1-15-13-17-9-6-10-18(19(17)23-14-15)28(26,27)24-20(16-7-4-3-5-8-16)21-22-11-12-25(21)2/h3-14,20,24H,1-2H3. The van der Waals surface area contributed by atoms with E-state index in [2.05, 4.69) is 14.7 Å². The molecule has 0 fully saturated rings. The van der Waals surface area contributed by atoms with Gasteiger partial charge in [0.2, 0.25) is 10.0 Å². The van der Waals surface area contributed by atoms with Gasteiger partial charge in [-0.15, -0.1) is 0 Å². The maximum atomic E-state index is 13.3. The molecule has 4 rings (SSSR count). The van der Waals surface area contributed by atoms with Gasteiger partial charge in [-0.1, -0.05) is 42.5 Å². The molecular weight excluding hydrogens is 372 g/mol. The molecule has 28 heavy (non-hydrogen) atoms. The summed E-state index contributed by atoms with van der Waals surface area (Å²) < 4.78 is 31.3. The summed E-state index contributed by atoms with van der Waals surface area (Å²) in [4.78, 5) is 8.88. The highest BCUT2D eigenvalue weighted by atomic mass is 32.2. The Morgan fingerprint density at radius 2 is 1.82 bits per heavy atom. The molecule has 6 nitrogen and oxygen atoms in total. The van der Waals surface area contributed by atoms with Gasteiger partial charge in [0.25, 0.3) is 0 Å². The highest BCUT2D eigenvalue weighted by Gasteiger charge is 2.27. The van der Waals surface area contributed by atoms with E-state index in [1.54, 1.807) is 30.7 Å². The average Bonchev–Trinajstić information content (AvgIpc) is 3.12. The van der Waals surface area contributed by atoms with Gasteiger partial charge in [-0.3, -0.25) is 4.98 Å². The van der Waals surface area contributed by atoms with Gasteiger partial charge in [0, 0.05) is 31.0 Å². The number of sulfonamides is 1. The van der Waals surface area contributed by atoms with Crippen LogP contribution in [0.5, 0.6) is 0 Å². The molecule has 0 saturated carbocycles. The lowest BCUT2D eigenvalue weighted by Gasteiger charge is -2.19. The van der Waals surface area contributed by atoms with Crippen LogP contribution in [0.2, 0.25) is 0 Å². The van der Waals surface area contributed by atoms with E-state index in [0.717, 1.165) is 16.5 Å². The zero-order valence-electron chi connectivity index (χ0n) is 15.6. The smallest absolute Gasteiger partial charge is 0.243 e. The molecule has 0 aliphatic rings. The average molecular weight is 392 g/mol. The molecule has 142 valence electrons. The van der Waals surface area contributed by atoms with E-state index in [0.29, 0.717) is 11.3 Å². The van der Waals surface area contributed by atoms with Crippen LogP contribution in [0.3, 0.4) is 0 Å². The fourth-order valence-electron chi connectivity index (χ4n) is 3.25. The Bertz CT molecular complexity index is 1230. The Hall–Kier alpha value is -3.03. The van der Waals surface area contributed by atoms with Gasteiger partial charge in [-0.2, -0.15) is 4.72 Å². The van der Waals surface area contributed by atoms with Crippen LogP contribution in [-0.2, 0) is 17.1 Å². The maximum absolute atomic E-state index is 13.3. The predicted octanol–water partition coefficient (Wildman–Crippen LogP) is 3.34. The molecular formula is C21H20N4O2S. The summed E-state index contributed by atoms with van der Waals surface area (Å²) in [5.74, 6) is 0.610. The molecule has 0 radical (unpaired) electrons. The summed E-state index contributed by atoms with van der Waals surface area (Å²) in [5.41, 5.74) is 2.24. The van der Waals surface area contributed by atoms with Crippen molar-refractivity contribution < 1.29 is 8.42 Å². The summed E-state index contributed by atoms with van der Waals surface area (Å²) in [7, 11) is -2.01. The number of imidazole rings is 1. The van der Waals surface area contributed by atoms with E-state index in [1.807, 2.05) is 61.0 Å². The SMILES string of the molecule is Cc1cnc2c(S(=O)(=O)NC(c3ccccc3)c3nccn3C)cccc2c1.